The van der Waals surface area contributed by atoms with Crippen molar-refractivity contribution >= 4 is 0 Å². The number of nitrogens with zero attached hydrogens (tertiary/aromatic N) is 6. The van der Waals surface area contributed by atoms with Gasteiger partial charge in [-0.1, -0.05) is 18.2 Å². The van der Waals surface area contributed by atoms with Gasteiger partial charge in [0, 0.05) is 18.7 Å². The SMILES string of the molecule is CCN1CCC(n2cc(-c3nnc(-c4cccc(OC)c4)o3)nn2)CC1. The van der Waals surface area contributed by atoms with Crippen LogP contribution in [0.25, 0.3) is 23.0 Å². The van der Waals surface area contributed by atoms with E-state index in [4.69, 9.17) is 9.15 Å². The van der Waals surface area contributed by atoms with Crippen LogP contribution in [-0.4, -0.2) is 56.8 Å². The van der Waals surface area contributed by atoms with Gasteiger partial charge in [0.15, 0.2) is 5.69 Å². The average Bonchev–Trinajstić information content (AvgIpc) is 3.38. The molecule has 1 aliphatic rings. The number of hydrogen-bond acceptors (Lipinski definition) is 7. The maximum atomic E-state index is 5.79. The van der Waals surface area contributed by atoms with Gasteiger partial charge in [-0.3, -0.25) is 0 Å². The van der Waals surface area contributed by atoms with E-state index in [1.54, 1.807) is 7.11 Å². The number of piperidine rings is 1. The van der Waals surface area contributed by atoms with Gasteiger partial charge >= 0.3 is 0 Å². The van der Waals surface area contributed by atoms with Gasteiger partial charge in [-0.05, 0) is 37.6 Å². The Morgan fingerprint density at radius 3 is 2.73 bits per heavy atom. The van der Waals surface area contributed by atoms with Crippen molar-refractivity contribution in [2.24, 2.45) is 0 Å². The van der Waals surface area contributed by atoms with E-state index in [0.29, 0.717) is 23.5 Å². The Hall–Kier alpha value is -2.74. The molecule has 3 heterocycles. The smallest absolute Gasteiger partial charge is 0.270 e. The second kappa shape index (κ2) is 7.25. The standard InChI is InChI=1S/C18H22N6O2/c1-3-23-9-7-14(8-10-23)24-12-16(19-22-24)18-21-20-17(26-18)13-5-4-6-15(11-13)25-2/h4-6,11-12,14H,3,7-10H2,1-2H3. The Kier molecular flexibility index (Phi) is 4.66. The summed E-state index contributed by atoms with van der Waals surface area (Å²) < 4.78 is 13.0. The molecule has 1 fully saturated rings. The topological polar surface area (TPSA) is 82.1 Å². The van der Waals surface area contributed by atoms with Gasteiger partial charge in [0.2, 0.25) is 5.89 Å². The van der Waals surface area contributed by atoms with Crippen molar-refractivity contribution in [1.82, 2.24) is 30.1 Å². The fraction of sp³-hybridized carbons (Fsp3) is 0.444. The molecule has 136 valence electrons. The maximum Gasteiger partial charge on any atom is 0.270 e. The van der Waals surface area contributed by atoms with Gasteiger partial charge in [-0.2, -0.15) is 0 Å². The Morgan fingerprint density at radius 1 is 1.15 bits per heavy atom. The van der Waals surface area contributed by atoms with Crippen LogP contribution in [0.2, 0.25) is 0 Å². The van der Waals surface area contributed by atoms with E-state index in [9.17, 15) is 0 Å². The predicted octanol–water partition coefficient (Wildman–Crippen LogP) is 2.66. The molecular formula is C18H22N6O2. The molecule has 8 nitrogen and oxygen atoms in total. The van der Waals surface area contributed by atoms with Crippen LogP contribution in [0.4, 0.5) is 0 Å². The Morgan fingerprint density at radius 2 is 1.96 bits per heavy atom. The molecule has 4 rings (SSSR count). The summed E-state index contributed by atoms with van der Waals surface area (Å²) in [6, 6.07) is 7.89. The van der Waals surface area contributed by atoms with Crippen LogP contribution in [0.15, 0.2) is 34.9 Å². The zero-order chi connectivity index (χ0) is 17.9. The lowest BCUT2D eigenvalue weighted by Crippen LogP contribution is -2.34. The minimum absolute atomic E-state index is 0.375. The van der Waals surface area contributed by atoms with Crippen molar-refractivity contribution in [3.8, 4) is 28.8 Å². The second-order valence-corrected chi connectivity index (χ2v) is 6.39. The zero-order valence-electron chi connectivity index (χ0n) is 15.0. The van der Waals surface area contributed by atoms with Crippen LogP contribution in [0.1, 0.15) is 25.8 Å². The van der Waals surface area contributed by atoms with Crippen molar-refractivity contribution in [2.75, 3.05) is 26.7 Å². The van der Waals surface area contributed by atoms with E-state index in [0.717, 1.165) is 43.8 Å². The van der Waals surface area contributed by atoms with E-state index in [-0.39, 0.29) is 0 Å². The quantitative estimate of drug-likeness (QED) is 0.696. The van der Waals surface area contributed by atoms with Gasteiger partial charge in [-0.15, -0.1) is 15.3 Å². The molecule has 26 heavy (non-hydrogen) atoms. The van der Waals surface area contributed by atoms with E-state index in [1.165, 1.54) is 0 Å². The second-order valence-electron chi connectivity index (χ2n) is 6.39. The van der Waals surface area contributed by atoms with E-state index < -0.39 is 0 Å². The summed E-state index contributed by atoms with van der Waals surface area (Å²) in [5, 5.41) is 16.7. The van der Waals surface area contributed by atoms with E-state index >= 15 is 0 Å². The highest BCUT2D eigenvalue weighted by atomic mass is 16.5. The molecule has 0 saturated carbocycles. The van der Waals surface area contributed by atoms with Gasteiger partial charge in [0.1, 0.15) is 5.75 Å². The Bertz CT molecular complexity index is 866. The molecule has 8 heteroatoms. The van der Waals surface area contributed by atoms with Crippen molar-refractivity contribution in [3.05, 3.63) is 30.5 Å². The predicted molar refractivity (Wildman–Crippen MR) is 95.7 cm³/mol. The first-order valence-corrected chi connectivity index (χ1v) is 8.89. The zero-order valence-corrected chi connectivity index (χ0v) is 15.0. The monoisotopic (exact) mass is 354 g/mol. The molecule has 0 N–H and O–H groups in total. The van der Waals surface area contributed by atoms with Gasteiger partial charge < -0.3 is 14.1 Å². The lowest BCUT2D eigenvalue weighted by molar-refractivity contribution is 0.186. The number of aromatic nitrogens is 5. The fourth-order valence-electron chi connectivity index (χ4n) is 3.25. The number of ether oxygens (including phenoxy) is 1. The van der Waals surface area contributed by atoms with Crippen molar-refractivity contribution in [3.63, 3.8) is 0 Å². The molecule has 1 aromatic carbocycles. The summed E-state index contributed by atoms with van der Waals surface area (Å²) in [5.74, 6) is 1.55. The molecule has 0 unspecified atom stereocenters. The number of hydrogen-bond donors (Lipinski definition) is 0. The van der Waals surface area contributed by atoms with Gasteiger partial charge in [0.25, 0.3) is 5.89 Å². The molecule has 0 spiro atoms. The first kappa shape index (κ1) is 16.7. The molecule has 0 atom stereocenters. The summed E-state index contributed by atoms with van der Waals surface area (Å²) >= 11 is 0. The summed E-state index contributed by atoms with van der Waals surface area (Å²) in [7, 11) is 1.63. The molecule has 0 radical (unpaired) electrons. The van der Waals surface area contributed by atoms with Crippen molar-refractivity contribution in [2.45, 2.75) is 25.8 Å². The number of methoxy groups -OCH3 is 1. The van der Waals surface area contributed by atoms with E-state index in [2.05, 4.69) is 32.3 Å². The van der Waals surface area contributed by atoms with Gasteiger partial charge in [-0.25, -0.2) is 4.68 Å². The third kappa shape index (κ3) is 3.32. The first-order valence-electron chi connectivity index (χ1n) is 8.89. The molecule has 0 amide bonds. The summed E-state index contributed by atoms with van der Waals surface area (Å²) in [4.78, 5) is 2.45. The van der Waals surface area contributed by atoms with Crippen molar-refractivity contribution in [1.29, 1.82) is 0 Å². The van der Waals surface area contributed by atoms with Crippen LogP contribution in [0.5, 0.6) is 5.75 Å². The molecule has 0 aliphatic carbocycles. The average molecular weight is 354 g/mol. The molecule has 1 aliphatic heterocycles. The third-order valence-electron chi connectivity index (χ3n) is 4.85. The molecular weight excluding hydrogens is 332 g/mol. The van der Waals surface area contributed by atoms with E-state index in [1.807, 2.05) is 35.1 Å². The van der Waals surface area contributed by atoms with Crippen LogP contribution in [0, 0.1) is 0 Å². The molecule has 1 saturated heterocycles. The normalized spacial score (nSPS) is 16.1. The highest BCUT2D eigenvalue weighted by Crippen LogP contribution is 2.27. The lowest BCUT2D eigenvalue weighted by Gasteiger charge is -2.30. The summed E-state index contributed by atoms with van der Waals surface area (Å²) in [6.07, 6.45) is 4.06. The fourth-order valence-corrected chi connectivity index (χ4v) is 3.25. The largest absolute Gasteiger partial charge is 0.497 e. The number of likely N-dealkylation sites (tertiary alicyclic amines) is 1. The van der Waals surface area contributed by atoms with Gasteiger partial charge in [0.05, 0.1) is 19.3 Å². The lowest BCUT2D eigenvalue weighted by atomic mass is 10.1. The first-order chi connectivity index (χ1) is 12.8. The molecule has 2 aromatic heterocycles. The highest BCUT2D eigenvalue weighted by Gasteiger charge is 2.22. The van der Waals surface area contributed by atoms with Crippen LogP contribution < -0.4 is 4.74 Å². The van der Waals surface area contributed by atoms with Crippen LogP contribution in [-0.2, 0) is 0 Å². The minimum atomic E-state index is 0.375. The van der Waals surface area contributed by atoms with Crippen LogP contribution >= 0.6 is 0 Å². The van der Waals surface area contributed by atoms with Crippen LogP contribution in [0.3, 0.4) is 0 Å². The number of benzene rings is 1. The highest BCUT2D eigenvalue weighted by molar-refractivity contribution is 5.57. The molecule has 0 bridgehead atoms. The summed E-state index contributed by atoms with van der Waals surface area (Å²) in [5.41, 5.74) is 1.41. The van der Waals surface area contributed by atoms with Crippen molar-refractivity contribution < 1.29 is 9.15 Å². The third-order valence-corrected chi connectivity index (χ3v) is 4.85. The summed E-state index contributed by atoms with van der Waals surface area (Å²) in [6.45, 7) is 5.49. The Labute approximate surface area is 151 Å². The number of rotatable bonds is 5. The minimum Gasteiger partial charge on any atom is -0.497 e. The maximum absolute atomic E-state index is 5.79. The Balaban J connectivity index is 1.51. The molecule has 3 aromatic rings.